The Morgan fingerprint density at radius 1 is 1.29 bits per heavy atom. The van der Waals surface area contributed by atoms with Gasteiger partial charge in [-0.25, -0.2) is 0 Å². The van der Waals surface area contributed by atoms with Gasteiger partial charge in [0.2, 0.25) is 0 Å². The number of piperidine rings is 1. The first-order valence-electron chi connectivity index (χ1n) is 5.36. The minimum Gasteiger partial charge on any atom is -0.302 e. The Morgan fingerprint density at radius 3 is 2.86 bits per heavy atom. The molecule has 1 saturated heterocycles. The van der Waals surface area contributed by atoms with E-state index in [0.29, 0.717) is 0 Å². The molecule has 0 radical (unpaired) electrons. The van der Waals surface area contributed by atoms with Gasteiger partial charge in [-0.05, 0) is 24.6 Å². The molecule has 76 valence electrons. The Morgan fingerprint density at radius 2 is 2.07 bits per heavy atom. The van der Waals surface area contributed by atoms with Crippen molar-refractivity contribution < 1.29 is 0 Å². The minimum atomic E-state index is 0.226. The van der Waals surface area contributed by atoms with E-state index in [2.05, 4.69) is 50.1 Å². The summed E-state index contributed by atoms with van der Waals surface area (Å²) >= 11 is 0. The Kier molecular flexibility index (Phi) is 2.36. The van der Waals surface area contributed by atoms with Gasteiger partial charge in [0, 0.05) is 18.5 Å². The predicted octanol–water partition coefficient (Wildman–Crippen LogP) is 2.77. The third-order valence-electron chi connectivity index (χ3n) is 2.99. The van der Waals surface area contributed by atoms with E-state index in [4.69, 9.17) is 0 Å². The van der Waals surface area contributed by atoms with Gasteiger partial charge in [-0.1, -0.05) is 38.2 Å². The molecule has 0 aromatic carbocycles. The van der Waals surface area contributed by atoms with Crippen LogP contribution in [0, 0.1) is 5.41 Å². The van der Waals surface area contributed by atoms with E-state index in [1.807, 2.05) is 0 Å². The van der Waals surface area contributed by atoms with Crippen LogP contribution in [0.4, 0.5) is 0 Å². The molecule has 14 heavy (non-hydrogen) atoms. The zero-order valence-electron chi connectivity index (χ0n) is 9.38. The highest BCUT2D eigenvalue weighted by molar-refractivity contribution is 5.41. The van der Waals surface area contributed by atoms with E-state index in [1.165, 1.54) is 18.5 Å². The van der Waals surface area contributed by atoms with E-state index in [1.54, 1.807) is 5.57 Å². The monoisotopic (exact) mass is 189 g/mol. The number of likely N-dealkylation sites (tertiary alicyclic amines) is 1. The lowest BCUT2D eigenvalue weighted by molar-refractivity contribution is 0.347. The average molecular weight is 189 g/mol. The number of rotatable bonds is 0. The highest BCUT2D eigenvalue weighted by Crippen LogP contribution is 2.31. The van der Waals surface area contributed by atoms with Crippen molar-refractivity contribution in [2.75, 3.05) is 20.1 Å². The van der Waals surface area contributed by atoms with Crippen LogP contribution in [0.5, 0.6) is 0 Å². The largest absolute Gasteiger partial charge is 0.302 e. The van der Waals surface area contributed by atoms with Gasteiger partial charge in [0.25, 0.3) is 0 Å². The Bertz CT molecular complexity index is 318. The van der Waals surface area contributed by atoms with Gasteiger partial charge < -0.3 is 4.90 Å². The van der Waals surface area contributed by atoms with E-state index < -0.39 is 0 Å². The fraction of sp³-hybridized carbons (Fsp3) is 0.538. The third-order valence-corrected chi connectivity index (χ3v) is 2.99. The summed E-state index contributed by atoms with van der Waals surface area (Å²) in [6.45, 7) is 6.84. The molecular weight excluding hydrogens is 170 g/mol. The fourth-order valence-corrected chi connectivity index (χ4v) is 2.18. The molecule has 0 aromatic heterocycles. The second-order valence-corrected chi connectivity index (χ2v) is 5.03. The van der Waals surface area contributed by atoms with Gasteiger partial charge in [-0.3, -0.25) is 0 Å². The quantitative estimate of drug-likeness (QED) is 0.566. The van der Waals surface area contributed by atoms with Crippen LogP contribution in [0.2, 0.25) is 0 Å². The zero-order valence-corrected chi connectivity index (χ0v) is 9.38. The highest BCUT2D eigenvalue weighted by Gasteiger charge is 2.20. The van der Waals surface area contributed by atoms with Crippen LogP contribution in [0.25, 0.3) is 0 Å². The smallest absolute Gasteiger partial charge is 0.0233 e. The maximum absolute atomic E-state index is 2.43. The maximum Gasteiger partial charge on any atom is 0.0233 e. The van der Waals surface area contributed by atoms with Crippen LogP contribution in [0.15, 0.2) is 35.5 Å². The summed E-state index contributed by atoms with van der Waals surface area (Å²) in [5.74, 6) is 0. The van der Waals surface area contributed by atoms with Gasteiger partial charge in [0.15, 0.2) is 0 Å². The van der Waals surface area contributed by atoms with Crippen LogP contribution in [0.3, 0.4) is 0 Å². The van der Waals surface area contributed by atoms with Crippen molar-refractivity contribution in [3.05, 3.63) is 35.5 Å². The van der Waals surface area contributed by atoms with Crippen molar-refractivity contribution in [2.45, 2.75) is 20.3 Å². The molecule has 0 N–H and O–H groups in total. The number of hydrogen-bond donors (Lipinski definition) is 0. The van der Waals surface area contributed by atoms with Crippen molar-refractivity contribution in [3.63, 3.8) is 0 Å². The number of fused-ring (bicyclic) bond motifs is 1. The second kappa shape index (κ2) is 3.39. The average Bonchev–Trinajstić information content (AvgIpc) is 2.22. The van der Waals surface area contributed by atoms with Crippen LogP contribution in [-0.2, 0) is 0 Å². The lowest BCUT2D eigenvalue weighted by atomic mass is 9.88. The zero-order chi connectivity index (χ0) is 10.2. The van der Waals surface area contributed by atoms with E-state index in [9.17, 15) is 0 Å². The molecule has 1 aliphatic heterocycles. The molecule has 0 saturated carbocycles. The molecule has 1 heteroatoms. The lowest BCUT2D eigenvalue weighted by Gasteiger charge is -2.28. The van der Waals surface area contributed by atoms with Crippen LogP contribution in [-0.4, -0.2) is 25.0 Å². The summed E-state index contributed by atoms with van der Waals surface area (Å²) in [5, 5.41) is 0. The van der Waals surface area contributed by atoms with Crippen LogP contribution >= 0.6 is 0 Å². The van der Waals surface area contributed by atoms with E-state index >= 15 is 0 Å². The first-order valence-corrected chi connectivity index (χ1v) is 5.36. The molecule has 0 unspecified atom stereocenters. The Hall–Kier alpha value is -0.820. The van der Waals surface area contributed by atoms with Crippen molar-refractivity contribution in [1.82, 2.24) is 4.90 Å². The van der Waals surface area contributed by atoms with Crippen molar-refractivity contribution in [1.29, 1.82) is 0 Å². The van der Waals surface area contributed by atoms with Crippen LogP contribution in [0.1, 0.15) is 20.3 Å². The first kappa shape index (κ1) is 9.72. The van der Waals surface area contributed by atoms with Gasteiger partial charge in [0.1, 0.15) is 0 Å². The fourth-order valence-electron chi connectivity index (χ4n) is 2.18. The molecule has 1 heterocycles. The molecule has 0 aromatic rings. The van der Waals surface area contributed by atoms with Crippen molar-refractivity contribution in [2.24, 2.45) is 5.41 Å². The van der Waals surface area contributed by atoms with Gasteiger partial charge in [-0.2, -0.15) is 0 Å². The molecule has 1 nitrogen and oxygen atoms in total. The SMILES string of the molecule is CN1CCC2=CC(C)(C)C=CC=C2C1. The molecule has 0 atom stereocenters. The first-order chi connectivity index (χ1) is 6.57. The summed E-state index contributed by atoms with van der Waals surface area (Å²) < 4.78 is 0. The molecule has 1 fully saturated rings. The van der Waals surface area contributed by atoms with Crippen molar-refractivity contribution in [3.8, 4) is 0 Å². The van der Waals surface area contributed by atoms with Gasteiger partial charge in [-0.15, -0.1) is 0 Å². The molecular formula is C13H19N. The molecule has 0 spiro atoms. The third kappa shape index (κ3) is 1.98. The topological polar surface area (TPSA) is 3.24 Å². The molecule has 0 amide bonds. The Labute approximate surface area is 86.8 Å². The molecule has 1 aliphatic carbocycles. The maximum atomic E-state index is 2.43. The summed E-state index contributed by atoms with van der Waals surface area (Å²) in [5.41, 5.74) is 3.28. The van der Waals surface area contributed by atoms with Crippen LogP contribution < -0.4 is 0 Å². The molecule has 2 rings (SSSR count). The minimum absolute atomic E-state index is 0.226. The number of hydrogen-bond acceptors (Lipinski definition) is 1. The van der Waals surface area contributed by atoms with Gasteiger partial charge >= 0.3 is 0 Å². The van der Waals surface area contributed by atoms with Crippen molar-refractivity contribution >= 4 is 0 Å². The predicted molar refractivity (Wildman–Crippen MR) is 61.2 cm³/mol. The number of allylic oxidation sites excluding steroid dienone is 4. The molecule has 0 bridgehead atoms. The van der Waals surface area contributed by atoms with Gasteiger partial charge in [0.05, 0.1) is 0 Å². The summed E-state index contributed by atoms with van der Waals surface area (Å²) in [6, 6.07) is 0. The highest BCUT2D eigenvalue weighted by atomic mass is 15.1. The standard InChI is InChI=1S/C13H19N/c1-13(2)7-4-5-12-10-14(3)8-6-11(12)9-13/h4-5,7,9H,6,8,10H2,1-3H3. The number of likely N-dealkylation sites (N-methyl/N-ethyl adjacent to an activating group) is 1. The Balaban J connectivity index is 2.31. The van der Waals surface area contributed by atoms with E-state index in [-0.39, 0.29) is 5.41 Å². The van der Waals surface area contributed by atoms with E-state index in [0.717, 1.165) is 6.54 Å². The summed E-state index contributed by atoms with van der Waals surface area (Å²) in [7, 11) is 2.19. The molecule has 2 aliphatic rings. The normalized spacial score (nSPS) is 26.2. The summed E-state index contributed by atoms with van der Waals surface area (Å²) in [6.07, 6.45) is 10.4. The number of nitrogens with zero attached hydrogens (tertiary/aromatic N) is 1. The lowest BCUT2D eigenvalue weighted by Crippen LogP contribution is -2.28. The second-order valence-electron chi connectivity index (χ2n) is 5.03. The summed E-state index contributed by atoms with van der Waals surface area (Å²) in [4.78, 5) is 2.38.